The molecule has 2 amide bonds. The van der Waals surface area contributed by atoms with Gasteiger partial charge in [-0.3, -0.25) is 9.59 Å². The number of halogens is 1. The highest BCUT2D eigenvalue weighted by Crippen LogP contribution is 2.23. The maximum Gasteiger partial charge on any atom is 0.271 e. The quantitative estimate of drug-likeness (QED) is 0.384. The maximum absolute atomic E-state index is 12.4. The van der Waals surface area contributed by atoms with E-state index in [4.69, 9.17) is 9.47 Å². The molecular formula is C23H20BrN3O4. The molecular weight excluding hydrogens is 462 g/mol. The SMILES string of the molecule is COc1ccc(/C=N\NC(=O)c2ccc(NC(=O)c3ccccc3Br)cc2)c(OC)c1. The topological polar surface area (TPSA) is 89.0 Å². The second kappa shape index (κ2) is 10.4. The van der Waals surface area contributed by atoms with Crippen molar-refractivity contribution in [2.24, 2.45) is 5.10 Å². The minimum atomic E-state index is -0.382. The lowest BCUT2D eigenvalue weighted by Crippen LogP contribution is -2.18. The van der Waals surface area contributed by atoms with Crippen LogP contribution in [-0.4, -0.2) is 32.2 Å². The summed E-state index contributed by atoms with van der Waals surface area (Å²) in [6.07, 6.45) is 1.49. The van der Waals surface area contributed by atoms with Gasteiger partial charge in [0.15, 0.2) is 0 Å². The summed E-state index contributed by atoms with van der Waals surface area (Å²) in [6, 6.07) is 18.9. The van der Waals surface area contributed by atoms with Crippen LogP contribution in [0.15, 0.2) is 76.3 Å². The molecule has 0 radical (unpaired) electrons. The summed E-state index contributed by atoms with van der Waals surface area (Å²) in [5.74, 6) is 0.599. The van der Waals surface area contributed by atoms with Crippen LogP contribution in [0, 0.1) is 0 Å². The number of carbonyl (C=O) groups is 2. The monoisotopic (exact) mass is 481 g/mol. The predicted octanol–water partition coefficient (Wildman–Crippen LogP) is 4.48. The van der Waals surface area contributed by atoms with Crippen molar-refractivity contribution >= 4 is 39.6 Å². The Balaban J connectivity index is 1.61. The van der Waals surface area contributed by atoms with Gasteiger partial charge in [0.2, 0.25) is 0 Å². The van der Waals surface area contributed by atoms with Gasteiger partial charge < -0.3 is 14.8 Å². The molecule has 158 valence electrons. The first-order valence-electron chi connectivity index (χ1n) is 9.23. The summed E-state index contributed by atoms with van der Waals surface area (Å²) in [5.41, 5.74) is 4.65. The van der Waals surface area contributed by atoms with Crippen molar-refractivity contribution in [1.29, 1.82) is 0 Å². The second-order valence-electron chi connectivity index (χ2n) is 6.32. The van der Waals surface area contributed by atoms with Gasteiger partial charge in [-0.2, -0.15) is 5.10 Å². The van der Waals surface area contributed by atoms with Crippen LogP contribution in [0.5, 0.6) is 11.5 Å². The molecule has 31 heavy (non-hydrogen) atoms. The molecule has 0 aliphatic carbocycles. The number of nitrogens with zero attached hydrogens (tertiary/aromatic N) is 1. The number of methoxy groups -OCH3 is 2. The number of carbonyl (C=O) groups excluding carboxylic acids is 2. The number of hydrogen-bond acceptors (Lipinski definition) is 5. The van der Waals surface area contributed by atoms with Gasteiger partial charge >= 0.3 is 0 Å². The lowest BCUT2D eigenvalue weighted by Gasteiger charge is -2.08. The smallest absolute Gasteiger partial charge is 0.271 e. The van der Waals surface area contributed by atoms with Crippen LogP contribution in [0.25, 0.3) is 0 Å². The van der Waals surface area contributed by atoms with Gasteiger partial charge in [0.05, 0.1) is 26.0 Å². The van der Waals surface area contributed by atoms with Crippen LogP contribution in [-0.2, 0) is 0 Å². The molecule has 0 aromatic heterocycles. The van der Waals surface area contributed by atoms with Crippen LogP contribution < -0.4 is 20.2 Å². The summed E-state index contributed by atoms with van der Waals surface area (Å²) in [5, 5.41) is 6.78. The first-order valence-corrected chi connectivity index (χ1v) is 10.0. The lowest BCUT2D eigenvalue weighted by atomic mass is 10.1. The van der Waals surface area contributed by atoms with E-state index in [0.717, 1.165) is 0 Å². The number of anilines is 1. The second-order valence-corrected chi connectivity index (χ2v) is 7.17. The van der Waals surface area contributed by atoms with Gasteiger partial charge in [-0.15, -0.1) is 0 Å². The number of benzene rings is 3. The van der Waals surface area contributed by atoms with E-state index >= 15 is 0 Å². The molecule has 0 saturated carbocycles. The van der Waals surface area contributed by atoms with Gasteiger partial charge in [0, 0.05) is 27.4 Å². The zero-order valence-electron chi connectivity index (χ0n) is 16.9. The fourth-order valence-corrected chi connectivity index (χ4v) is 3.16. The molecule has 3 rings (SSSR count). The van der Waals surface area contributed by atoms with Crippen LogP contribution >= 0.6 is 15.9 Å². The molecule has 0 heterocycles. The van der Waals surface area contributed by atoms with Crippen LogP contribution in [0.4, 0.5) is 5.69 Å². The Hall–Kier alpha value is -3.65. The summed E-state index contributed by atoms with van der Waals surface area (Å²) in [6.45, 7) is 0. The van der Waals surface area contributed by atoms with E-state index in [1.807, 2.05) is 6.07 Å². The van der Waals surface area contributed by atoms with Crippen molar-refractivity contribution in [3.8, 4) is 11.5 Å². The number of hydrogen-bond donors (Lipinski definition) is 2. The third kappa shape index (κ3) is 5.70. The Bertz CT molecular complexity index is 1110. The molecule has 3 aromatic rings. The highest BCUT2D eigenvalue weighted by atomic mass is 79.9. The van der Waals surface area contributed by atoms with E-state index in [0.29, 0.717) is 38.3 Å². The number of nitrogens with one attached hydrogen (secondary N) is 2. The van der Waals surface area contributed by atoms with Gasteiger partial charge in [0.25, 0.3) is 11.8 Å². The van der Waals surface area contributed by atoms with Crippen molar-refractivity contribution in [3.63, 3.8) is 0 Å². The van der Waals surface area contributed by atoms with E-state index in [2.05, 4.69) is 31.8 Å². The molecule has 0 spiro atoms. The summed E-state index contributed by atoms with van der Waals surface area (Å²) in [7, 11) is 3.11. The van der Waals surface area contributed by atoms with Gasteiger partial charge in [0.1, 0.15) is 11.5 Å². The largest absolute Gasteiger partial charge is 0.497 e. The molecule has 0 atom stereocenters. The molecule has 0 bridgehead atoms. The van der Waals surface area contributed by atoms with Crippen LogP contribution in [0.3, 0.4) is 0 Å². The maximum atomic E-state index is 12.4. The Morgan fingerprint density at radius 2 is 1.68 bits per heavy atom. The molecule has 8 heteroatoms. The average Bonchev–Trinajstić information content (AvgIpc) is 2.79. The Morgan fingerprint density at radius 3 is 2.35 bits per heavy atom. The van der Waals surface area contributed by atoms with Crippen molar-refractivity contribution in [2.45, 2.75) is 0 Å². The Labute approximate surface area is 188 Å². The molecule has 3 aromatic carbocycles. The number of amides is 2. The number of hydrazone groups is 1. The fourth-order valence-electron chi connectivity index (χ4n) is 2.70. The van der Waals surface area contributed by atoms with E-state index in [1.54, 1.807) is 74.9 Å². The molecule has 0 aliphatic heterocycles. The van der Waals surface area contributed by atoms with E-state index in [-0.39, 0.29) is 11.8 Å². The highest BCUT2D eigenvalue weighted by molar-refractivity contribution is 9.10. The minimum Gasteiger partial charge on any atom is -0.497 e. The zero-order chi connectivity index (χ0) is 22.2. The van der Waals surface area contributed by atoms with Gasteiger partial charge in [-0.05, 0) is 64.5 Å². The fraction of sp³-hybridized carbons (Fsp3) is 0.0870. The Morgan fingerprint density at radius 1 is 0.935 bits per heavy atom. The summed E-state index contributed by atoms with van der Waals surface area (Å²) >= 11 is 3.36. The molecule has 0 aliphatic rings. The van der Waals surface area contributed by atoms with E-state index in [9.17, 15) is 9.59 Å². The van der Waals surface area contributed by atoms with Crippen molar-refractivity contribution < 1.29 is 19.1 Å². The molecule has 0 saturated heterocycles. The van der Waals surface area contributed by atoms with Crippen molar-refractivity contribution in [3.05, 3.63) is 87.9 Å². The molecule has 2 N–H and O–H groups in total. The van der Waals surface area contributed by atoms with Crippen LogP contribution in [0.2, 0.25) is 0 Å². The van der Waals surface area contributed by atoms with Crippen molar-refractivity contribution in [2.75, 3.05) is 19.5 Å². The number of ether oxygens (including phenoxy) is 2. The first kappa shape index (κ1) is 22.0. The molecule has 0 fully saturated rings. The lowest BCUT2D eigenvalue weighted by molar-refractivity contribution is 0.0954. The zero-order valence-corrected chi connectivity index (χ0v) is 18.5. The highest BCUT2D eigenvalue weighted by Gasteiger charge is 2.10. The third-order valence-electron chi connectivity index (χ3n) is 4.33. The van der Waals surface area contributed by atoms with Crippen molar-refractivity contribution in [1.82, 2.24) is 5.43 Å². The van der Waals surface area contributed by atoms with E-state index < -0.39 is 0 Å². The average molecular weight is 482 g/mol. The predicted molar refractivity (Wildman–Crippen MR) is 123 cm³/mol. The van der Waals surface area contributed by atoms with Gasteiger partial charge in [-0.25, -0.2) is 5.43 Å². The minimum absolute atomic E-state index is 0.247. The molecule has 0 unspecified atom stereocenters. The third-order valence-corrected chi connectivity index (χ3v) is 5.03. The first-order chi connectivity index (χ1) is 15.0. The van der Waals surface area contributed by atoms with Crippen LogP contribution in [0.1, 0.15) is 26.3 Å². The molecule has 7 nitrogen and oxygen atoms in total. The summed E-state index contributed by atoms with van der Waals surface area (Å²) < 4.78 is 11.2. The number of rotatable bonds is 7. The standard InChI is InChI=1S/C23H20BrN3O4/c1-30-18-12-9-16(21(13-18)31-2)14-25-27-22(28)15-7-10-17(11-8-15)26-23(29)19-5-3-4-6-20(19)24/h3-14H,1-2H3,(H,26,29)(H,27,28)/b25-14-. The summed E-state index contributed by atoms with van der Waals surface area (Å²) in [4.78, 5) is 24.7. The van der Waals surface area contributed by atoms with E-state index in [1.165, 1.54) is 6.21 Å². The normalized spacial score (nSPS) is 10.5. The van der Waals surface area contributed by atoms with Gasteiger partial charge in [-0.1, -0.05) is 12.1 Å². The Kier molecular flexibility index (Phi) is 7.40.